The van der Waals surface area contributed by atoms with Crippen LogP contribution < -0.4 is 4.72 Å². The first-order valence-corrected chi connectivity index (χ1v) is 12.2. The molecule has 2 amide bonds. The minimum absolute atomic E-state index is 0.0624. The monoisotopic (exact) mass is 465 g/mol. The van der Waals surface area contributed by atoms with Crippen LogP contribution in [-0.2, 0) is 29.1 Å². The number of hydrogen-bond acceptors (Lipinski definition) is 6. The number of piperidine rings is 1. The Morgan fingerprint density at radius 1 is 1.19 bits per heavy atom. The van der Waals surface area contributed by atoms with Crippen LogP contribution in [0.4, 0.5) is 0 Å². The van der Waals surface area contributed by atoms with Crippen LogP contribution in [0.25, 0.3) is 6.08 Å². The number of ether oxygens (including phenoxy) is 1. The Hall–Kier alpha value is -2.72. The maximum Gasteiger partial charge on any atom is 0.309 e. The van der Waals surface area contributed by atoms with Crippen LogP contribution >= 0.6 is 0 Å². The molecule has 0 saturated carbocycles. The SMILES string of the molecule is CCOC(=O)C1CCN(C(=O)CN(C)C(=O)CCNS(=O)(=O)/C=C/c2ccccc2)CC1. The molecule has 1 heterocycles. The number of nitrogens with one attached hydrogen (secondary N) is 1. The number of carbonyl (C=O) groups excluding carboxylic acids is 3. The van der Waals surface area contributed by atoms with Gasteiger partial charge < -0.3 is 14.5 Å². The lowest BCUT2D eigenvalue weighted by molar-refractivity contribution is -0.151. The van der Waals surface area contributed by atoms with E-state index in [4.69, 9.17) is 4.74 Å². The number of likely N-dealkylation sites (N-methyl/N-ethyl adjacent to an activating group) is 1. The van der Waals surface area contributed by atoms with E-state index in [1.54, 1.807) is 36.1 Å². The van der Waals surface area contributed by atoms with Gasteiger partial charge in [0.2, 0.25) is 21.8 Å². The molecule has 176 valence electrons. The van der Waals surface area contributed by atoms with Gasteiger partial charge in [-0.3, -0.25) is 14.4 Å². The largest absolute Gasteiger partial charge is 0.466 e. The number of sulfonamides is 1. The molecule has 1 aliphatic heterocycles. The fourth-order valence-corrected chi connectivity index (χ4v) is 4.11. The van der Waals surface area contributed by atoms with Crippen LogP contribution in [0.15, 0.2) is 35.7 Å². The van der Waals surface area contributed by atoms with Gasteiger partial charge in [0.1, 0.15) is 0 Å². The molecule has 1 aromatic carbocycles. The number of esters is 1. The van der Waals surface area contributed by atoms with E-state index in [0.717, 1.165) is 11.0 Å². The van der Waals surface area contributed by atoms with Crippen LogP contribution in [0, 0.1) is 5.92 Å². The third-order valence-electron chi connectivity index (χ3n) is 5.15. The van der Waals surface area contributed by atoms with Crippen LogP contribution in [0.2, 0.25) is 0 Å². The first-order chi connectivity index (χ1) is 15.2. The van der Waals surface area contributed by atoms with E-state index in [1.165, 1.54) is 18.0 Å². The van der Waals surface area contributed by atoms with Crippen molar-refractivity contribution in [3.8, 4) is 0 Å². The van der Waals surface area contributed by atoms with E-state index in [9.17, 15) is 22.8 Å². The Morgan fingerprint density at radius 2 is 1.84 bits per heavy atom. The summed E-state index contributed by atoms with van der Waals surface area (Å²) in [5.41, 5.74) is 0.749. The molecule has 1 fully saturated rings. The molecule has 9 nitrogen and oxygen atoms in total. The lowest BCUT2D eigenvalue weighted by Crippen LogP contribution is -2.46. The lowest BCUT2D eigenvalue weighted by atomic mass is 9.97. The van der Waals surface area contributed by atoms with Crippen molar-refractivity contribution in [1.82, 2.24) is 14.5 Å². The number of nitrogens with zero attached hydrogens (tertiary/aromatic N) is 2. The number of rotatable bonds is 10. The maximum absolute atomic E-state index is 12.5. The van der Waals surface area contributed by atoms with Crippen molar-refractivity contribution in [3.63, 3.8) is 0 Å². The third-order valence-corrected chi connectivity index (χ3v) is 6.25. The standard InChI is InChI=1S/C22H31N3O6S/c1-3-31-22(28)19-10-14-25(15-11-19)21(27)17-24(2)20(26)9-13-23-32(29,30)16-12-18-7-5-4-6-8-18/h4-8,12,16,19,23H,3,9-11,13-15,17H2,1-2H3/b16-12+. The summed E-state index contributed by atoms with van der Waals surface area (Å²) in [5.74, 6) is -0.959. The Kier molecular flexibility index (Phi) is 9.86. The molecule has 32 heavy (non-hydrogen) atoms. The predicted octanol–water partition coefficient (Wildman–Crippen LogP) is 1.23. The summed E-state index contributed by atoms with van der Waals surface area (Å²) >= 11 is 0. The number of carbonyl (C=O) groups is 3. The van der Waals surface area contributed by atoms with E-state index in [0.29, 0.717) is 32.5 Å². The highest BCUT2D eigenvalue weighted by molar-refractivity contribution is 7.92. The summed E-state index contributed by atoms with van der Waals surface area (Å²) in [6.45, 7) is 2.82. The Labute approximate surface area is 189 Å². The molecule has 0 spiro atoms. The molecule has 0 radical (unpaired) electrons. The zero-order valence-electron chi connectivity index (χ0n) is 18.5. The predicted molar refractivity (Wildman–Crippen MR) is 121 cm³/mol. The van der Waals surface area contributed by atoms with Crippen LogP contribution in [0.5, 0.6) is 0 Å². The summed E-state index contributed by atoms with van der Waals surface area (Å²) in [6, 6.07) is 9.00. The van der Waals surface area contributed by atoms with Crippen LogP contribution in [0.3, 0.4) is 0 Å². The van der Waals surface area contributed by atoms with Gasteiger partial charge >= 0.3 is 5.97 Å². The van der Waals surface area contributed by atoms with Gasteiger partial charge in [-0.2, -0.15) is 0 Å². The number of hydrogen-bond donors (Lipinski definition) is 1. The highest BCUT2D eigenvalue weighted by Crippen LogP contribution is 2.19. The number of likely N-dealkylation sites (tertiary alicyclic amines) is 1. The average Bonchev–Trinajstić information content (AvgIpc) is 2.78. The van der Waals surface area contributed by atoms with Gasteiger partial charge in [-0.25, -0.2) is 13.1 Å². The molecule has 10 heteroatoms. The highest BCUT2D eigenvalue weighted by atomic mass is 32.2. The van der Waals surface area contributed by atoms with E-state index in [-0.39, 0.29) is 43.2 Å². The summed E-state index contributed by atoms with van der Waals surface area (Å²) in [5, 5.41) is 1.06. The van der Waals surface area contributed by atoms with Crippen molar-refractivity contribution >= 4 is 33.9 Å². The second kappa shape index (κ2) is 12.4. The molecule has 0 atom stereocenters. The smallest absolute Gasteiger partial charge is 0.309 e. The zero-order valence-corrected chi connectivity index (χ0v) is 19.3. The van der Waals surface area contributed by atoms with Crippen molar-refractivity contribution in [3.05, 3.63) is 41.3 Å². The van der Waals surface area contributed by atoms with Gasteiger partial charge in [0.15, 0.2) is 0 Å². The maximum atomic E-state index is 12.5. The van der Waals surface area contributed by atoms with Crippen molar-refractivity contribution in [2.45, 2.75) is 26.2 Å². The topological polar surface area (TPSA) is 113 Å². The summed E-state index contributed by atoms with van der Waals surface area (Å²) in [6.07, 6.45) is 2.49. The van der Waals surface area contributed by atoms with Crippen molar-refractivity contribution < 1.29 is 27.5 Å². The molecule has 1 saturated heterocycles. The first kappa shape index (κ1) is 25.5. The van der Waals surface area contributed by atoms with Gasteiger partial charge in [-0.1, -0.05) is 30.3 Å². The molecular weight excluding hydrogens is 434 g/mol. The van der Waals surface area contributed by atoms with Gasteiger partial charge in [0.05, 0.1) is 19.1 Å². The summed E-state index contributed by atoms with van der Waals surface area (Å²) in [4.78, 5) is 39.5. The molecular formula is C22H31N3O6S. The molecule has 1 aromatic rings. The Morgan fingerprint density at radius 3 is 2.47 bits per heavy atom. The summed E-state index contributed by atoms with van der Waals surface area (Å²) in [7, 11) is -2.16. The lowest BCUT2D eigenvalue weighted by Gasteiger charge is -2.32. The molecule has 0 aromatic heterocycles. The second-order valence-electron chi connectivity index (χ2n) is 7.56. The zero-order chi connectivity index (χ0) is 23.6. The van der Waals surface area contributed by atoms with Crippen LogP contribution in [0.1, 0.15) is 31.7 Å². The van der Waals surface area contributed by atoms with E-state index in [1.807, 2.05) is 6.07 Å². The minimum atomic E-state index is -3.67. The van der Waals surface area contributed by atoms with E-state index < -0.39 is 10.0 Å². The van der Waals surface area contributed by atoms with Gasteiger partial charge in [-0.15, -0.1) is 0 Å². The third kappa shape index (κ3) is 8.43. The van der Waals surface area contributed by atoms with Gasteiger partial charge in [-0.05, 0) is 31.4 Å². The number of benzene rings is 1. The minimum Gasteiger partial charge on any atom is -0.466 e. The second-order valence-corrected chi connectivity index (χ2v) is 9.21. The normalized spacial score (nSPS) is 15.0. The quantitative estimate of drug-likeness (QED) is 0.520. The molecule has 1 N–H and O–H groups in total. The average molecular weight is 466 g/mol. The molecule has 2 rings (SSSR count). The number of amides is 2. The fraction of sp³-hybridized carbons (Fsp3) is 0.500. The van der Waals surface area contributed by atoms with E-state index in [2.05, 4.69) is 4.72 Å². The Bertz CT molecular complexity index is 909. The van der Waals surface area contributed by atoms with Crippen molar-refractivity contribution in [2.24, 2.45) is 5.92 Å². The van der Waals surface area contributed by atoms with Crippen LogP contribution in [-0.4, -0.2) is 75.8 Å². The van der Waals surface area contributed by atoms with Gasteiger partial charge in [0.25, 0.3) is 0 Å². The molecule has 1 aliphatic rings. The van der Waals surface area contributed by atoms with Crippen molar-refractivity contribution in [2.75, 3.05) is 39.8 Å². The Balaban J connectivity index is 1.72. The van der Waals surface area contributed by atoms with E-state index >= 15 is 0 Å². The van der Waals surface area contributed by atoms with Gasteiger partial charge in [0, 0.05) is 38.5 Å². The van der Waals surface area contributed by atoms with Crippen molar-refractivity contribution in [1.29, 1.82) is 0 Å². The molecule has 0 aliphatic carbocycles. The molecule has 0 bridgehead atoms. The highest BCUT2D eigenvalue weighted by Gasteiger charge is 2.28. The summed E-state index contributed by atoms with van der Waals surface area (Å²) < 4.78 is 31.5. The fourth-order valence-electron chi connectivity index (χ4n) is 3.29. The molecule has 0 unspecified atom stereocenters. The first-order valence-electron chi connectivity index (χ1n) is 10.6.